The molecular weight excluding hydrogens is 1410 g/mol. The molecule has 110 heavy (non-hydrogen) atoms. The quantitative estimate of drug-likeness (QED) is 0.0121. The molecule has 0 aliphatic heterocycles. The van der Waals surface area contributed by atoms with E-state index in [4.69, 9.17) is 61.8 Å². The van der Waals surface area contributed by atoms with Gasteiger partial charge in [-0.15, -0.1) is 0 Å². The van der Waals surface area contributed by atoms with Crippen LogP contribution < -0.4 is 104 Å². The number of para-hydroxylation sites is 4. The van der Waals surface area contributed by atoms with Gasteiger partial charge < -0.3 is 124 Å². The van der Waals surface area contributed by atoms with Gasteiger partial charge in [0.15, 0.2) is 23.8 Å². The molecule has 34 N–H and O–H groups in total. The molecule has 0 aliphatic carbocycles. The normalized spacial score (nSPS) is 13.7. The lowest BCUT2D eigenvalue weighted by Gasteiger charge is -2.28. The highest BCUT2D eigenvalue weighted by atomic mass is 16.2. The number of rotatable bonds is 45. The van der Waals surface area contributed by atoms with Crippen LogP contribution in [0.15, 0.2) is 122 Å². The SMILES string of the molecule is N=C(N)NCCC[C@H](NC(=O)[C@H](CCCNC(=N)N)NC(=O)[C@H](CCCNC(=N)N)NC(=O)[C@@H](N)CCCNC(=N)N)C(=O)N[C@@H](CCCCN)C(=O)N[C@@H](Cc1c[nH]c2ccccc12)C(=O)N[C@@H](Cc1c[nH]c2ccccc12)C(=O)N[C@@H](Cc1c[nH]c2ccccc12)C(=O)N[C@@H](Cc1c[nH]c2ccccc12)C(N)=O. The number of aromatic amines is 4. The number of H-pyrrole nitrogens is 4. The lowest BCUT2D eigenvalue weighted by molar-refractivity contribution is -0.136. The number of unbranched alkanes of at least 4 members (excludes halogenated alkanes) is 1. The van der Waals surface area contributed by atoms with Crippen LogP contribution in [0.1, 0.15) is 92.9 Å². The minimum atomic E-state index is -1.51. The molecule has 0 fully saturated rings. The van der Waals surface area contributed by atoms with Crippen LogP contribution in [0, 0.1) is 21.6 Å². The van der Waals surface area contributed by atoms with Crippen molar-refractivity contribution >= 4 is 121 Å². The molecule has 0 bridgehead atoms. The van der Waals surface area contributed by atoms with Gasteiger partial charge in [0.05, 0.1) is 6.04 Å². The molecule has 0 radical (unpaired) electrons. The summed E-state index contributed by atoms with van der Waals surface area (Å²) in [6.45, 7) is 0.669. The predicted molar refractivity (Wildman–Crippen MR) is 420 cm³/mol. The third-order valence-corrected chi connectivity index (χ3v) is 18.7. The van der Waals surface area contributed by atoms with Crippen LogP contribution in [-0.2, 0) is 68.8 Å². The Bertz CT molecular complexity index is 4530. The van der Waals surface area contributed by atoms with Crippen molar-refractivity contribution in [1.82, 2.24) is 83.7 Å². The number of hydrogen-bond donors (Lipinski definition) is 27. The minimum absolute atomic E-state index is 0.000496. The molecule has 4 heterocycles. The van der Waals surface area contributed by atoms with Gasteiger partial charge in [-0.25, -0.2) is 0 Å². The fourth-order valence-electron chi connectivity index (χ4n) is 12.9. The lowest BCUT2D eigenvalue weighted by atomic mass is 9.99. The largest absolute Gasteiger partial charge is 0.370 e. The monoisotopic (exact) mass is 1510 g/mol. The van der Waals surface area contributed by atoms with E-state index >= 15 is 19.2 Å². The van der Waals surface area contributed by atoms with Gasteiger partial charge >= 0.3 is 0 Å². The number of hydrogen-bond acceptors (Lipinski definition) is 15. The number of guanidine groups is 4. The van der Waals surface area contributed by atoms with E-state index in [-0.39, 0.29) is 140 Å². The molecule has 4 aromatic heterocycles. The van der Waals surface area contributed by atoms with E-state index in [1.165, 1.54) is 0 Å². The van der Waals surface area contributed by atoms with Gasteiger partial charge in [-0.2, -0.15) is 0 Å². The standard InChI is InChI=1S/C74H103N27O9/c75-28-10-9-24-54(95-65(105)56(26-13-31-88-73(82)83)97-66(106)57(27-14-32-89-74(84)85)96-64(104)55(25-12-30-87-72(80)81)94-63(103)49(76)19-11-29-86-71(78)79)67(107)99-60(35-43-39-92-52-22-7-3-17-47(43)52)69(109)101-61(36-44-40-93-53-23-8-4-18-48(44)53)70(110)100-59(34-42-38-91-51-21-6-2-16-46(42)51)68(108)98-58(62(77)102)33-41-37-90-50-20-5-1-15-45(41)50/h1-8,15-18,20-23,37-40,49,54-61,90-93H,9-14,19,24-36,75-76H2,(H2,77,102)(H,94,103)(H,95,105)(H,96,104)(H,97,106)(H,98,108)(H,99,107)(H,100,110)(H,101,109)(H4,78,79,86)(H4,80,81,87)(H4,82,83,88)(H4,84,85,89)/t49-,54-,55-,56-,57-,58-,59-,60-,61-/m0/s1. The number of primary amides is 1. The zero-order valence-corrected chi connectivity index (χ0v) is 61.1. The summed E-state index contributed by atoms with van der Waals surface area (Å²) in [6.07, 6.45) is 7.56. The summed E-state index contributed by atoms with van der Waals surface area (Å²) in [5, 5.41) is 66.7. The van der Waals surface area contributed by atoms with Crippen molar-refractivity contribution in [3.63, 3.8) is 0 Å². The molecule has 9 amide bonds. The van der Waals surface area contributed by atoms with Gasteiger partial charge in [0.2, 0.25) is 53.2 Å². The molecule has 588 valence electrons. The molecule has 0 saturated carbocycles. The first-order chi connectivity index (χ1) is 52.8. The third-order valence-electron chi connectivity index (χ3n) is 18.7. The molecule has 8 aromatic rings. The Balaban J connectivity index is 1.09. The van der Waals surface area contributed by atoms with E-state index in [0.29, 0.717) is 46.0 Å². The Hall–Kier alpha value is -12.7. The van der Waals surface area contributed by atoms with E-state index in [0.717, 1.165) is 32.7 Å². The summed E-state index contributed by atoms with van der Waals surface area (Å²) in [7, 11) is 0. The smallest absolute Gasteiger partial charge is 0.243 e. The van der Waals surface area contributed by atoms with Crippen molar-refractivity contribution in [3.05, 3.63) is 144 Å². The van der Waals surface area contributed by atoms with Crippen LogP contribution in [0.4, 0.5) is 0 Å². The first-order valence-electron chi connectivity index (χ1n) is 36.6. The number of benzene rings is 4. The molecule has 9 atom stereocenters. The maximum absolute atomic E-state index is 15.7. The minimum Gasteiger partial charge on any atom is -0.370 e. The Morgan fingerprint density at radius 1 is 0.309 bits per heavy atom. The zero-order valence-electron chi connectivity index (χ0n) is 61.1. The van der Waals surface area contributed by atoms with Crippen LogP contribution in [-0.4, -0.2) is 184 Å². The average Bonchev–Trinajstić information content (AvgIpc) is 1.62. The maximum Gasteiger partial charge on any atom is 0.243 e. The van der Waals surface area contributed by atoms with Crippen LogP contribution >= 0.6 is 0 Å². The molecule has 36 nitrogen and oxygen atoms in total. The summed E-state index contributed by atoms with van der Waals surface area (Å²) in [5.74, 6) is -8.78. The molecule has 0 aliphatic rings. The summed E-state index contributed by atoms with van der Waals surface area (Å²) >= 11 is 0. The fourth-order valence-corrected chi connectivity index (χ4v) is 12.9. The highest BCUT2D eigenvalue weighted by molar-refractivity contribution is 6.00. The van der Waals surface area contributed by atoms with Gasteiger partial charge in [-0.1, -0.05) is 72.8 Å². The van der Waals surface area contributed by atoms with Crippen molar-refractivity contribution in [2.75, 3.05) is 32.7 Å². The first-order valence-corrected chi connectivity index (χ1v) is 36.6. The zero-order chi connectivity index (χ0) is 79.2. The molecule has 4 aromatic carbocycles. The summed E-state index contributed by atoms with van der Waals surface area (Å²) in [6, 6.07) is 17.0. The highest BCUT2D eigenvalue weighted by Crippen LogP contribution is 2.25. The molecule has 0 unspecified atom stereocenters. The second-order valence-corrected chi connectivity index (χ2v) is 27.0. The van der Waals surface area contributed by atoms with Crippen molar-refractivity contribution in [2.24, 2.45) is 40.1 Å². The molecule has 8 rings (SSSR count). The van der Waals surface area contributed by atoms with E-state index in [1.807, 2.05) is 91.0 Å². The lowest BCUT2D eigenvalue weighted by Crippen LogP contribution is -2.61. The Kier molecular flexibility index (Phi) is 31.2. The topological polar surface area (TPSA) is 639 Å². The van der Waals surface area contributed by atoms with E-state index in [2.05, 4.69) is 83.7 Å². The number of amides is 9. The number of carbonyl (C=O) groups excluding carboxylic acids is 9. The van der Waals surface area contributed by atoms with E-state index in [9.17, 15) is 24.0 Å². The Morgan fingerprint density at radius 2 is 0.545 bits per heavy atom. The van der Waals surface area contributed by atoms with Gasteiger partial charge in [0.25, 0.3) is 0 Å². The van der Waals surface area contributed by atoms with Crippen LogP contribution in [0.5, 0.6) is 0 Å². The number of carbonyl (C=O) groups is 9. The van der Waals surface area contributed by atoms with E-state index in [1.54, 1.807) is 30.9 Å². The summed E-state index contributed by atoms with van der Waals surface area (Å²) < 4.78 is 0. The molecule has 0 saturated heterocycles. The Morgan fingerprint density at radius 3 is 0.827 bits per heavy atom. The predicted octanol–water partition coefficient (Wildman–Crippen LogP) is -1.24. The second kappa shape index (κ2) is 41.4. The van der Waals surface area contributed by atoms with Crippen molar-refractivity contribution in [2.45, 2.75) is 151 Å². The third kappa shape index (κ3) is 24.9. The Labute approximate surface area is 634 Å². The molecule has 0 spiro atoms. The summed E-state index contributed by atoms with van der Waals surface area (Å²) in [4.78, 5) is 146. The maximum atomic E-state index is 15.7. The first kappa shape index (κ1) is 82.9. The highest BCUT2D eigenvalue weighted by Gasteiger charge is 2.37. The van der Waals surface area contributed by atoms with Gasteiger partial charge in [0, 0.05) is 120 Å². The number of nitrogens with two attached hydrogens (primary N) is 7. The van der Waals surface area contributed by atoms with Crippen molar-refractivity contribution in [3.8, 4) is 0 Å². The summed E-state index contributed by atoms with van der Waals surface area (Å²) in [5.41, 5.74) is 45.9. The van der Waals surface area contributed by atoms with Crippen LogP contribution in [0.25, 0.3) is 43.6 Å². The van der Waals surface area contributed by atoms with Gasteiger partial charge in [0.1, 0.15) is 48.3 Å². The number of aromatic nitrogens is 4. The molecular formula is C74H103N27O9. The fraction of sp³-hybridized carbons (Fsp3) is 0.392. The average molecular weight is 1510 g/mol. The van der Waals surface area contributed by atoms with Crippen LogP contribution in [0.3, 0.4) is 0 Å². The van der Waals surface area contributed by atoms with Gasteiger partial charge in [-0.3, -0.25) is 64.8 Å². The van der Waals surface area contributed by atoms with Gasteiger partial charge in [-0.05, 0) is 124 Å². The van der Waals surface area contributed by atoms with Crippen LogP contribution in [0.2, 0.25) is 0 Å². The number of fused-ring (bicyclic) bond motifs is 4. The van der Waals surface area contributed by atoms with Crippen molar-refractivity contribution in [1.29, 1.82) is 21.6 Å². The van der Waals surface area contributed by atoms with Crippen molar-refractivity contribution < 1.29 is 43.2 Å². The second-order valence-electron chi connectivity index (χ2n) is 27.0. The van der Waals surface area contributed by atoms with E-state index < -0.39 is 108 Å². The molecule has 36 heteroatoms. The number of nitrogens with one attached hydrogen (secondary N) is 20.